The first kappa shape index (κ1) is 23.8. The van der Waals surface area contributed by atoms with E-state index in [1.807, 2.05) is 13.8 Å². The van der Waals surface area contributed by atoms with Gasteiger partial charge in [0.25, 0.3) is 5.91 Å². The number of piperazine rings is 1. The Balaban J connectivity index is 1.77. The fourth-order valence-corrected chi connectivity index (χ4v) is 5.31. The third-order valence-corrected chi connectivity index (χ3v) is 7.18. The second-order valence-electron chi connectivity index (χ2n) is 7.76. The van der Waals surface area contributed by atoms with Crippen molar-refractivity contribution in [3.8, 4) is 0 Å². The van der Waals surface area contributed by atoms with E-state index in [-0.39, 0.29) is 44.7 Å². The quantitative estimate of drug-likeness (QED) is 0.667. The second-order valence-corrected chi connectivity index (χ2v) is 10.3. The zero-order chi connectivity index (χ0) is 22.8. The van der Waals surface area contributed by atoms with Gasteiger partial charge in [-0.15, -0.1) is 0 Å². The van der Waals surface area contributed by atoms with Crippen LogP contribution in [0.3, 0.4) is 0 Å². The van der Waals surface area contributed by atoms with Crippen molar-refractivity contribution in [2.24, 2.45) is 5.92 Å². The van der Waals surface area contributed by atoms with Crippen molar-refractivity contribution in [3.63, 3.8) is 0 Å². The van der Waals surface area contributed by atoms with E-state index in [0.717, 1.165) is 5.69 Å². The number of nitrogens with zero attached hydrogens (tertiary/aromatic N) is 2. The highest BCUT2D eigenvalue weighted by atomic mass is 35.5. The minimum absolute atomic E-state index is 0.0427. The minimum atomic E-state index is -3.89. The van der Waals surface area contributed by atoms with Crippen LogP contribution in [0.5, 0.6) is 0 Å². The largest absolute Gasteiger partial charge is 0.368 e. The van der Waals surface area contributed by atoms with Crippen LogP contribution >= 0.6 is 23.2 Å². The summed E-state index contributed by atoms with van der Waals surface area (Å²) in [6.45, 7) is 5.97. The number of nitrogens with one attached hydrogen (secondary N) is 1. The van der Waals surface area contributed by atoms with Crippen LogP contribution in [0.2, 0.25) is 10.0 Å². The molecule has 0 atom stereocenters. The predicted octanol–water partition coefficient (Wildman–Crippen LogP) is 4.03. The van der Waals surface area contributed by atoms with Gasteiger partial charge < -0.3 is 9.80 Å². The molecule has 2 aromatic carbocycles. The van der Waals surface area contributed by atoms with Gasteiger partial charge in [0.15, 0.2) is 0 Å². The molecule has 6 nitrogen and oxygen atoms in total. The first-order valence-electron chi connectivity index (χ1n) is 9.87. The van der Waals surface area contributed by atoms with Gasteiger partial charge in [-0.25, -0.2) is 17.5 Å². The Morgan fingerprint density at radius 1 is 1.06 bits per heavy atom. The van der Waals surface area contributed by atoms with E-state index in [2.05, 4.69) is 9.62 Å². The standard InChI is InChI=1S/C21H24Cl2FN3O3S/c1-14(2)13-25-31(29,30)20-11-17(18(22)12-19(20)23)21(28)27-9-7-26(8-10-27)16-5-3-15(24)4-6-16/h3-6,11-12,14,25H,7-10,13H2,1-2H3. The molecule has 0 radical (unpaired) electrons. The lowest BCUT2D eigenvalue weighted by molar-refractivity contribution is 0.0746. The summed E-state index contributed by atoms with van der Waals surface area (Å²) in [5, 5.41) is 0.0534. The summed E-state index contributed by atoms with van der Waals surface area (Å²) in [5.41, 5.74) is 0.967. The lowest BCUT2D eigenvalue weighted by Gasteiger charge is -2.36. The maximum Gasteiger partial charge on any atom is 0.255 e. The molecule has 0 aromatic heterocycles. The number of amides is 1. The average Bonchev–Trinajstić information content (AvgIpc) is 2.72. The Labute approximate surface area is 192 Å². The Morgan fingerprint density at radius 3 is 2.26 bits per heavy atom. The molecule has 31 heavy (non-hydrogen) atoms. The summed E-state index contributed by atoms with van der Waals surface area (Å²) in [7, 11) is -3.89. The van der Waals surface area contributed by atoms with Crippen LogP contribution in [0.15, 0.2) is 41.3 Å². The smallest absolute Gasteiger partial charge is 0.255 e. The number of hydrogen-bond acceptors (Lipinski definition) is 4. The lowest BCUT2D eigenvalue weighted by Crippen LogP contribution is -2.48. The van der Waals surface area contributed by atoms with E-state index in [1.165, 1.54) is 24.3 Å². The van der Waals surface area contributed by atoms with E-state index < -0.39 is 10.0 Å². The van der Waals surface area contributed by atoms with Gasteiger partial charge in [0.1, 0.15) is 10.7 Å². The van der Waals surface area contributed by atoms with Crippen LogP contribution < -0.4 is 9.62 Å². The third kappa shape index (κ3) is 5.68. The van der Waals surface area contributed by atoms with Crippen LogP contribution in [0, 0.1) is 11.7 Å². The number of carbonyl (C=O) groups is 1. The molecular weight excluding hydrogens is 464 g/mol. The lowest BCUT2D eigenvalue weighted by atomic mass is 10.1. The molecule has 0 unspecified atom stereocenters. The highest BCUT2D eigenvalue weighted by molar-refractivity contribution is 7.89. The molecule has 1 aliphatic rings. The number of sulfonamides is 1. The number of anilines is 1. The number of carbonyl (C=O) groups excluding carboxylic acids is 1. The van der Waals surface area contributed by atoms with Gasteiger partial charge in [0, 0.05) is 38.4 Å². The average molecular weight is 488 g/mol. The molecule has 10 heteroatoms. The molecule has 3 rings (SSSR count). The minimum Gasteiger partial charge on any atom is -0.368 e. The van der Waals surface area contributed by atoms with Gasteiger partial charge in [-0.05, 0) is 42.3 Å². The molecule has 0 spiro atoms. The van der Waals surface area contributed by atoms with Crippen LogP contribution in [0.4, 0.5) is 10.1 Å². The molecule has 2 aromatic rings. The molecule has 1 fully saturated rings. The summed E-state index contributed by atoms with van der Waals surface area (Å²) >= 11 is 12.4. The summed E-state index contributed by atoms with van der Waals surface area (Å²) in [5.74, 6) is -0.552. The van der Waals surface area contributed by atoms with Crippen molar-refractivity contribution in [1.82, 2.24) is 9.62 Å². The van der Waals surface area contributed by atoms with E-state index >= 15 is 0 Å². The zero-order valence-electron chi connectivity index (χ0n) is 17.2. The molecule has 0 saturated carbocycles. The Hall–Kier alpha value is -1.87. The maximum atomic E-state index is 13.1. The summed E-state index contributed by atoms with van der Waals surface area (Å²) in [6.07, 6.45) is 0. The fraction of sp³-hybridized carbons (Fsp3) is 0.381. The predicted molar refractivity (Wildman–Crippen MR) is 121 cm³/mol. The molecule has 0 aliphatic carbocycles. The summed E-state index contributed by atoms with van der Waals surface area (Å²) in [6, 6.07) is 8.72. The van der Waals surface area contributed by atoms with Crippen LogP contribution in [0.1, 0.15) is 24.2 Å². The second kappa shape index (κ2) is 9.73. The SMILES string of the molecule is CC(C)CNS(=O)(=O)c1cc(C(=O)N2CCN(c3ccc(F)cc3)CC2)c(Cl)cc1Cl. The Kier molecular flexibility index (Phi) is 7.47. The molecule has 1 heterocycles. The Morgan fingerprint density at radius 2 is 1.68 bits per heavy atom. The molecule has 0 bridgehead atoms. The van der Waals surface area contributed by atoms with Gasteiger partial charge in [-0.1, -0.05) is 37.0 Å². The van der Waals surface area contributed by atoms with Crippen molar-refractivity contribution in [2.45, 2.75) is 18.7 Å². The van der Waals surface area contributed by atoms with Crippen molar-refractivity contribution < 1.29 is 17.6 Å². The van der Waals surface area contributed by atoms with Crippen LogP contribution in [-0.4, -0.2) is 51.9 Å². The van der Waals surface area contributed by atoms with Gasteiger partial charge in [0.05, 0.1) is 15.6 Å². The van der Waals surface area contributed by atoms with Gasteiger partial charge in [0.2, 0.25) is 10.0 Å². The number of halogens is 3. The van der Waals surface area contributed by atoms with E-state index in [9.17, 15) is 17.6 Å². The first-order chi connectivity index (χ1) is 14.6. The van der Waals surface area contributed by atoms with Crippen LogP contribution in [-0.2, 0) is 10.0 Å². The van der Waals surface area contributed by atoms with Crippen molar-refractivity contribution >= 4 is 44.8 Å². The number of rotatable bonds is 6. The Bertz CT molecular complexity index is 1050. The van der Waals surface area contributed by atoms with E-state index in [0.29, 0.717) is 26.2 Å². The molecule has 168 valence electrons. The highest BCUT2D eigenvalue weighted by Gasteiger charge is 2.27. The van der Waals surface area contributed by atoms with E-state index in [1.54, 1.807) is 17.0 Å². The first-order valence-corrected chi connectivity index (χ1v) is 12.1. The highest BCUT2D eigenvalue weighted by Crippen LogP contribution is 2.30. The number of benzene rings is 2. The topological polar surface area (TPSA) is 69.7 Å². The molecule has 1 saturated heterocycles. The molecule has 1 amide bonds. The van der Waals surface area contributed by atoms with Gasteiger partial charge >= 0.3 is 0 Å². The third-order valence-electron chi connectivity index (χ3n) is 4.98. The van der Waals surface area contributed by atoms with Crippen LogP contribution in [0.25, 0.3) is 0 Å². The fourth-order valence-electron chi connectivity index (χ4n) is 3.24. The van der Waals surface area contributed by atoms with Crippen molar-refractivity contribution in [3.05, 3.63) is 57.8 Å². The molecule has 1 aliphatic heterocycles. The summed E-state index contributed by atoms with van der Waals surface area (Å²) in [4.78, 5) is 16.6. The maximum absolute atomic E-state index is 13.1. The normalized spacial score (nSPS) is 14.9. The molecular formula is C21H24Cl2FN3O3S. The van der Waals surface area contributed by atoms with Gasteiger partial charge in [-0.3, -0.25) is 4.79 Å². The van der Waals surface area contributed by atoms with E-state index in [4.69, 9.17) is 23.2 Å². The zero-order valence-corrected chi connectivity index (χ0v) is 19.6. The monoisotopic (exact) mass is 487 g/mol. The summed E-state index contributed by atoms with van der Waals surface area (Å²) < 4.78 is 40.9. The number of hydrogen-bond donors (Lipinski definition) is 1. The molecule has 1 N–H and O–H groups in total. The van der Waals surface area contributed by atoms with Gasteiger partial charge in [-0.2, -0.15) is 0 Å². The van der Waals surface area contributed by atoms with Crippen molar-refractivity contribution in [2.75, 3.05) is 37.6 Å². The van der Waals surface area contributed by atoms with Crippen molar-refractivity contribution in [1.29, 1.82) is 0 Å².